The fourth-order valence-corrected chi connectivity index (χ4v) is 0.735. The van der Waals surface area contributed by atoms with Crippen molar-refractivity contribution < 1.29 is 37.9 Å². The quantitative estimate of drug-likeness (QED) is 0.460. The number of allylic oxidation sites excluding steroid dienone is 4. The summed E-state index contributed by atoms with van der Waals surface area (Å²) in [6, 6.07) is 0. The summed E-state index contributed by atoms with van der Waals surface area (Å²) < 4.78 is 1.41. The van der Waals surface area contributed by atoms with E-state index in [9.17, 15) is 0 Å². The molecule has 5 heteroatoms. The second kappa shape index (κ2) is 38.4. The topological polar surface area (TPSA) is 92.2 Å². The Morgan fingerprint density at radius 1 is 0.929 bits per heavy atom. The van der Waals surface area contributed by atoms with Gasteiger partial charge in [0.05, 0.1) is 0 Å². The molecule has 1 aliphatic rings. The van der Waals surface area contributed by atoms with Crippen molar-refractivity contribution in [3.63, 3.8) is 0 Å². The van der Waals surface area contributed by atoms with Gasteiger partial charge in [-0.25, -0.2) is 0 Å². The van der Waals surface area contributed by atoms with E-state index in [-0.39, 0.29) is 0 Å². The summed E-state index contributed by atoms with van der Waals surface area (Å²) in [5.41, 5.74) is 0. The van der Waals surface area contributed by atoms with Gasteiger partial charge in [0.1, 0.15) is 0 Å². The van der Waals surface area contributed by atoms with E-state index < -0.39 is 0 Å². The first-order chi connectivity index (χ1) is 6.89. The molecule has 0 unspecified atom stereocenters. The molecule has 0 amide bonds. The first kappa shape index (κ1) is 23.6. The maximum atomic E-state index is 8.25. The van der Waals surface area contributed by atoms with Crippen LogP contribution in [0.2, 0.25) is 0 Å². The van der Waals surface area contributed by atoms with Crippen molar-refractivity contribution in [2.45, 2.75) is 6.42 Å². The third-order valence-corrected chi connectivity index (χ3v) is 1.27. The summed E-state index contributed by atoms with van der Waals surface area (Å²) in [5, 5.41) is 33.0. The van der Waals surface area contributed by atoms with Gasteiger partial charge in [-0.1, -0.05) is 0 Å². The summed E-state index contributed by atoms with van der Waals surface area (Å²) in [6.45, 7) is 0. The van der Waals surface area contributed by atoms with E-state index in [1.165, 1.54) is 4.28 Å². The Bertz CT molecular complexity index is 113. The molecule has 0 radical (unpaired) electrons. The Hall–Kier alpha value is -0.0956. The van der Waals surface area contributed by atoms with Gasteiger partial charge in [-0.15, -0.1) is 0 Å². The predicted molar refractivity (Wildman–Crippen MR) is 45.5 cm³/mol. The van der Waals surface area contributed by atoms with Crippen LogP contribution in [0.5, 0.6) is 0 Å². The molecule has 0 aromatic carbocycles. The SMILES string of the molecule is C[O-].C[O-].C[O-].C[O-].[V+4][C]1=CC=CC1. The number of hydrogen-bond donors (Lipinski definition) is 0. The van der Waals surface area contributed by atoms with Gasteiger partial charge < -0.3 is 20.4 Å². The van der Waals surface area contributed by atoms with E-state index in [1.807, 2.05) is 0 Å². The molecule has 1 rings (SSSR count). The summed E-state index contributed by atoms with van der Waals surface area (Å²) in [5.74, 6) is 0. The van der Waals surface area contributed by atoms with Gasteiger partial charge in [0.15, 0.2) is 0 Å². The zero-order valence-electron chi connectivity index (χ0n) is 9.02. The second-order valence-electron chi connectivity index (χ2n) is 1.29. The Morgan fingerprint density at radius 2 is 1.29 bits per heavy atom. The van der Waals surface area contributed by atoms with Crippen LogP contribution >= 0.6 is 0 Å². The van der Waals surface area contributed by atoms with E-state index in [0.29, 0.717) is 0 Å². The van der Waals surface area contributed by atoms with E-state index in [0.717, 1.165) is 34.9 Å². The summed E-state index contributed by atoms with van der Waals surface area (Å²) in [4.78, 5) is 0. The van der Waals surface area contributed by atoms with Crippen molar-refractivity contribution in [3.05, 3.63) is 22.5 Å². The minimum absolute atomic E-state index is 0.750. The van der Waals surface area contributed by atoms with Crippen LogP contribution in [0, 0.1) is 0 Å². The molecule has 0 saturated carbocycles. The molecule has 0 aliphatic heterocycles. The molecular formula is C9H17O4V. The summed E-state index contributed by atoms with van der Waals surface area (Å²) >= 11 is 2.54. The Morgan fingerprint density at radius 3 is 1.36 bits per heavy atom. The molecule has 82 valence electrons. The fourth-order valence-electron chi connectivity index (χ4n) is 0.436. The third-order valence-electron chi connectivity index (χ3n) is 0.752. The first-order valence-corrected chi connectivity index (χ1v) is 4.27. The van der Waals surface area contributed by atoms with Gasteiger partial charge in [0.2, 0.25) is 0 Å². The van der Waals surface area contributed by atoms with Crippen molar-refractivity contribution in [3.8, 4) is 0 Å². The van der Waals surface area contributed by atoms with Crippen molar-refractivity contribution in [2.24, 2.45) is 0 Å². The zero-order valence-corrected chi connectivity index (χ0v) is 10.4. The summed E-state index contributed by atoms with van der Waals surface area (Å²) in [7, 11) is 3.00. The van der Waals surface area contributed by atoms with Crippen molar-refractivity contribution in [2.75, 3.05) is 28.4 Å². The van der Waals surface area contributed by atoms with E-state index in [2.05, 4.69) is 35.7 Å². The monoisotopic (exact) mass is 240 g/mol. The van der Waals surface area contributed by atoms with E-state index >= 15 is 0 Å². The van der Waals surface area contributed by atoms with E-state index in [1.54, 1.807) is 0 Å². The standard InChI is InChI=1S/C5H5.4CH3O.V/c1-2-4-5-3-1;4*1-2;/h1-3H,4H2;4*1H3;/q;4*-1;+4. The average Bonchev–Trinajstić information content (AvgIpc) is 2.80. The molecule has 1 aliphatic carbocycles. The van der Waals surface area contributed by atoms with Crippen LogP contribution in [-0.4, -0.2) is 28.4 Å². The molecule has 0 bridgehead atoms. The van der Waals surface area contributed by atoms with Gasteiger partial charge in [-0.2, -0.15) is 28.4 Å². The predicted octanol–water partition coefficient (Wildman–Crippen LogP) is -2.72. The van der Waals surface area contributed by atoms with Crippen LogP contribution in [0.1, 0.15) is 6.42 Å². The fraction of sp³-hybridized carbons (Fsp3) is 0.556. The van der Waals surface area contributed by atoms with Gasteiger partial charge >= 0.3 is 46.4 Å². The van der Waals surface area contributed by atoms with Crippen LogP contribution in [-0.2, 0) is 17.4 Å². The normalized spacial score (nSPS) is 9.71. The summed E-state index contributed by atoms with van der Waals surface area (Å²) in [6.07, 6.45) is 7.47. The Labute approximate surface area is 95.6 Å². The van der Waals surface area contributed by atoms with Gasteiger partial charge in [-0.3, -0.25) is 0 Å². The number of hydrogen-bond acceptors (Lipinski definition) is 4. The van der Waals surface area contributed by atoms with Gasteiger partial charge in [0, 0.05) is 0 Å². The van der Waals surface area contributed by atoms with Crippen LogP contribution in [0.25, 0.3) is 0 Å². The van der Waals surface area contributed by atoms with Gasteiger partial charge in [-0.05, 0) is 0 Å². The Kier molecular flexibility index (Phi) is 64.7. The zero-order chi connectivity index (χ0) is 12.4. The first-order valence-electron chi connectivity index (χ1n) is 3.57. The average molecular weight is 240 g/mol. The molecule has 0 heterocycles. The molecule has 0 N–H and O–H groups in total. The van der Waals surface area contributed by atoms with Crippen LogP contribution in [0.4, 0.5) is 0 Å². The molecule has 0 aromatic rings. The van der Waals surface area contributed by atoms with Crippen molar-refractivity contribution >= 4 is 0 Å². The van der Waals surface area contributed by atoms with Crippen LogP contribution < -0.4 is 20.4 Å². The molecule has 4 nitrogen and oxygen atoms in total. The van der Waals surface area contributed by atoms with Crippen molar-refractivity contribution in [1.29, 1.82) is 0 Å². The molecular weight excluding hydrogens is 223 g/mol. The van der Waals surface area contributed by atoms with Crippen molar-refractivity contribution in [1.82, 2.24) is 0 Å². The molecule has 0 saturated heterocycles. The molecule has 0 aromatic heterocycles. The Balaban J connectivity index is -0.0000000542. The minimum atomic E-state index is 0.750. The second-order valence-corrected chi connectivity index (χ2v) is 2.19. The van der Waals surface area contributed by atoms with E-state index in [4.69, 9.17) is 20.4 Å². The number of rotatable bonds is 0. The molecule has 0 fully saturated rings. The van der Waals surface area contributed by atoms with Crippen LogP contribution in [0.15, 0.2) is 22.5 Å². The maximum absolute atomic E-state index is 8.25. The molecule has 0 atom stereocenters. The molecule has 0 spiro atoms. The van der Waals surface area contributed by atoms with Crippen LogP contribution in [0.3, 0.4) is 0 Å². The third kappa shape index (κ3) is 29.7. The van der Waals surface area contributed by atoms with Gasteiger partial charge in [0.25, 0.3) is 0 Å². The molecule has 14 heavy (non-hydrogen) atoms.